The smallest absolute Gasteiger partial charge is 0.307 e. The van der Waals surface area contributed by atoms with Crippen molar-refractivity contribution in [2.75, 3.05) is 0 Å². The van der Waals surface area contributed by atoms with E-state index in [1.54, 1.807) is 6.07 Å². The first-order chi connectivity index (χ1) is 7.91. The molecule has 0 radical (unpaired) electrons. The zero-order chi connectivity index (χ0) is 12.7. The molecule has 1 aliphatic rings. The van der Waals surface area contributed by atoms with Crippen molar-refractivity contribution in [1.82, 2.24) is 0 Å². The Morgan fingerprint density at radius 1 is 1.47 bits per heavy atom. The molecule has 1 unspecified atom stereocenters. The van der Waals surface area contributed by atoms with Crippen LogP contribution in [-0.2, 0) is 11.2 Å². The summed E-state index contributed by atoms with van der Waals surface area (Å²) < 4.78 is 0. The topological polar surface area (TPSA) is 57.5 Å². The van der Waals surface area contributed by atoms with Gasteiger partial charge >= 0.3 is 5.97 Å². The Balaban J connectivity index is 2.54. The third kappa shape index (κ3) is 2.14. The molecule has 0 bridgehead atoms. The van der Waals surface area contributed by atoms with E-state index in [-0.39, 0.29) is 12.2 Å². The molecule has 1 aromatic rings. The van der Waals surface area contributed by atoms with Crippen molar-refractivity contribution >= 4 is 5.97 Å². The predicted octanol–water partition coefficient (Wildman–Crippen LogP) is 2.76. The first-order valence-electron chi connectivity index (χ1n) is 5.95. The Hall–Kier alpha value is -1.51. The van der Waals surface area contributed by atoms with Gasteiger partial charge in [0.05, 0.1) is 6.42 Å². The molecule has 0 saturated heterocycles. The number of hydrogen-bond acceptors (Lipinski definition) is 2. The summed E-state index contributed by atoms with van der Waals surface area (Å²) in [6, 6.07) is 1.67. The number of phenolic OH excluding ortho intramolecular Hbond substituents is 1. The monoisotopic (exact) mass is 234 g/mol. The van der Waals surface area contributed by atoms with Crippen LogP contribution in [0.25, 0.3) is 0 Å². The molecule has 2 N–H and O–H groups in total. The van der Waals surface area contributed by atoms with Gasteiger partial charge in [0.1, 0.15) is 5.75 Å². The second-order valence-corrected chi connectivity index (χ2v) is 5.12. The van der Waals surface area contributed by atoms with Crippen LogP contribution in [-0.4, -0.2) is 16.2 Å². The van der Waals surface area contributed by atoms with Gasteiger partial charge in [-0.05, 0) is 54.9 Å². The van der Waals surface area contributed by atoms with Crippen LogP contribution in [0, 0.1) is 19.8 Å². The fourth-order valence-corrected chi connectivity index (χ4v) is 2.54. The molecule has 0 amide bonds. The van der Waals surface area contributed by atoms with Crippen LogP contribution in [0.2, 0.25) is 0 Å². The van der Waals surface area contributed by atoms with Gasteiger partial charge in [-0.15, -0.1) is 0 Å². The molecule has 0 aromatic heterocycles. The van der Waals surface area contributed by atoms with Crippen molar-refractivity contribution in [1.29, 1.82) is 0 Å². The molecule has 0 spiro atoms. The van der Waals surface area contributed by atoms with Crippen LogP contribution in [0.4, 0.5) is 0 Å². The molecule has 92 valence electrons. The summed E-state index contributed by atoms with van der Waals surface area (Å²) >= 11 is 0. The molecule has 17 heavy (non-hydrogen) atoms. The van der Waals surface area contributed by atoms with E-state index in [1.807, 2.05) is 13.8 Å². The summed E-state index contributed by atoms with van der Waals surface area (Å²) in [7, 11) is 0. The number of aliphatic carboxylic acids is 1. The minimum Gasteiger partial charge on any atom is -0.508 e. The van der Waals surface area contributed by atoms with Crippen LogP contribution in [0.15, 0.2) is 6.07 Å². The van der Waals surface area contributed by atoms with Crippen LogP contribution < -0.4 is 0 Å². The highest BCUT2D eigenvalue weighted by atomic mass is 16.4. The molecule has 0 heterocycles. The van der Waals surface area contributed by atoms with E-state index >= 15 is 0 Å². The standard InChI is InChI=1S/C14H18O3/c1-7-5-12(15)11(6-13(16)17)14(9(7)3)10-4-8(10)2/h5,8,10,15H,4,6H2,1-3H3,(H,16,17)/t8-,10?/m1/s1. The molecule has 2 rings (SSSR count). The van der Waals surface area contributed by atoms with E-state index in [1.165, 1.54) is 0 Å². The minimum absolute atomic E-state index is 0.0918. The van der Waals surface area contributed by atoms with Gasteiger partial charge in [-0.2, -0.15) is 0 Å². The Morgan fingerprint density at radius 2 is 2.06 bits per heavy atom. The van der Waals surface area contributed by atoms with E-state index in [0.29, 0.717) is 17.4 Å². The number of rotatable bonds is 3. The van der Waals surface area contributed by atoms with Crippen LogP contribution in [0.3, 0.4) is 0 Å². The van der Waals surface area contributed by atoms with E-state index in [2.05, 4.69) is 6.92 Å². The number of carboxylic acid groups (broad SMARTS) is 1. The lowest BCUT2D eigenvalue weighted by Gasteiger charge is -2.15. The van der Waals surface area contributed by atoms with Gasteiger partial charge in [-0.3, -0.25) is 4.79 Å². The normalized spacial score (nSPS) is 22.5. The maximum atomic E-state index is 10.9. The zero-order valence-corrected chi connectivity index (χ0v) is 10.4. The number of hydrogen-bond donors (Lipinski definition) is 2. The lowest BCUT2D eigenvalue weighted by molar-refractivity contribution is -0.136. The SMILES string of the molecule is Cc1cc(O)c(CC(=O)O)c(C2C[C@H]2C)c1C. The van der Waals surface area contributed by atoms with Gasteiger partial charge < -0.3 is 10.2 Å². The number of carbonyl (C=O) groups is 1. The molecule has 3 heteroatoms. The van der Waals surface area contributed by atoms with Crippen LogP contribution in [0.1, 0.15) is 41.5 Å². The highest BCUT2D eigenvalue weighted by Gasteiger charge is 2.37. The zero-order valence-electron chi connectivity index (χ0n) is 10.4. The van der Waals surface area contributed by atoms with Gasteiger partial charge in [-0.1, -0.05) is 6.92 Å². The van der Waals surface area contributed by atoms with Gasteiger partial charge in [0.2, 0.25) is 0 Å². The highest BCUT2D eigenvalue weighted by molar-refractivity contribution is 5.73. The van der Waals surface area contributed by atoms with Crippen LogP contribution in [0.5, 0.6) is 5.75 Å². The molecule has 3 nitrogen and oxygen atoms in total. The van der Waals surface area contributed by atoms with Crippen molar-refractivity contribution in [3.8, 4) is 5.75 Å². The minimum atomic E-state index is -0.891. The Morgan fingerprint density at radius 3 is 2.53 bits per heavy atom. The summed E-state index contributed by atoms with van der Waals surface area (Å²) in [4.78, 5) is 10.9. The predicted molar refractivity (Wildman–Crippen MR) is 65.4 cm³/mol. The number of aryl methyl sites for hydroxylation is 1. The fourth-order valence-electron chi connectivity index (χ4n) is 2.54. The average molecular weight is 234 g/mol. The highest BCUT2D eigenvalue weighted by Crippen LogP contribution is 2.51. The van der Waals surface area contributed by atoms with Crippen molar-refractivity contribution in [2.45, 2.75) is 39.5 Å². The third-order valence-electron chi connectivity index (χ3n) is 3.79. The first-order valence-corrected chi connectivity index (χ1v) is 5.95. The molecule has 1 aromatic carbocycles. The van der Waals surface area contributed by atoms with E-state index in [4.69, 9.17) is 5.11 Å². The fraction of sp³-hybridized carbons (Fsp3) is 0.500. The van der Waals surface area contributed by atoms with Crippen molar-refractivity contribution in [2.24, 2.45) is 5.92 Å². The number of carboxylic acids is 1. The quantitative estimate of drug-likeness (QED) is 0.845. The molecule has 1 saturated carbocycles. The number of benzene rings is 1. The van der Waals surface area contributed by atoms with Crippen molar-refractivity contribution in [3.05, 3.63) is 28.3 Å². The molecular weight excluding hydrogens is 216 g/mol. The largest absolute Gasteiger partial charge is 0.508 e. The molecule has 1 fully saturated rings. The maximum absolute atomic E-state index is 10.9. The number of aromatic hydroxyl groups is 1. The molecule has 2 atom stereocenters. The number of phenols is 1. The summed E-state index contributed by atoms with van der Waals surface area (Å²) in [6.45, 7) is 6.13. The summed E-state index contributed by atoms with van der Waals surface area (Å²) in [6.07, 6.45) is 1.00. The summed E-state index contributed by atoms with van der Waals surface area (Å²) in [5.74, 6) is 0.264. The van der Waals surface area contributed by atoms with Gasteiger partial charge in [-0.25, -0.2) is 0 Å². The van der Waals surface area contributed by atoms with Crippen molar-refractivity contribution < 1.29 is 15.0 Å². The average Bonchev–Trinajstić information content (AvgIpc) is 2.91. The van der Waals surface area contributed by atoms with Gasteiger partial charge in [0.15, 0.2) is 0 Å². The Bertz CT molecular complexity index is 477. The summed E-state index contributed by atoms with van der Waals surface area (Å²) in [5, 5.41) is 18.9. The molecule has 1 aliphatic carbocycles. The lowest BCUT2D eigenvalue weighted by Crippen LogP contribution is -2.06. The Labute approximate surface area is 101 Å². The van der Waals surface area contributed by atoms with E-state index in [9.17, 15) is 9.90 Å². The van der Waals surface area contributed by atoms with Crippen LogP contribution >= 0.6 is 0 Å². The van der Waals surface area contributed by atoms with Gasteiger partial charge in [0.25, 0.3) is 0 Å². The maximum Gasteiger partial charge on any atom is 0.307 e. The van der Waals surface area contributed by atoms with E-state index in [0.717, 1.165) is 23.1 Å². The second-order valence-electron chi connectivity index (χ2n) is 5.12. The lowest BCUT2D eigenvalue weighted by atomic mass is 9.91. The molecule has 0 aliphatic heterocycles. The Kier molecular flexibility index (Phi) is 2.86. The molecular formula is C14H18O3. The van der Waals surface area contributed by atoms with Gasteiger partial charge in [0, 0.05) is 5.56 Å². The summed E-state index contributed by atoms with van der Waals surface area (Å²) in [5.41, 5.74) is 3.84. The first kappa shape index (κ1) is 12.0. The van der Waals surface area contributed by atoms with Crippen molar-refractivity contribution in [3.63, 3.8) is 0 Å². The third-order valence-corrected chi connectivity index (χ3v) is 3.79. The van der Waals surface area contributed by atoms with E-state index < -0.39 is 5.97 Å². The second kappa shape index (κ2) is 4.06.